The van der Waals surface area contributed by atoms with Crippen molar-refractivity contribution in [3.63, 3.8) is 0 Å². The van der Waals surface area contributed by atoms with Crippen molar-refractivity contribution in [3.8, 4) is 0 Å². The Hall–Kier alpha value is -0.960. The van der Waals surface area contributed by atoms with Gasteiger partial charge < -0.3 is 5.32 Å². The first-order valence-electron chi connectivity index (χ1n) is 4.78. The molecule has 78 valence electrons. The van der Waals surface area contributed by atoms with E-state index >= 15 is 0 Å². The molecule has 3 heteroatoms. The lowest BCUT2D eigenvalue weighted by Gasteiger charge is -2.15. The topological polar surface area (TPSA) is 12.0 Å². The van der Waals surface area contributed by atoms with Crippen LogP contribution in [0.3, 0.4) is 0 Å². The summed E-state index contributed by atoms with van der Waals surface area (Å²) >= 11 is 0. The molecule has 1 aromatic carbocycles. The van der Waals surface area contributed by atoms with Crippen LogP contribution in [0.2, 0.25) is 0 Å². The summed E-state index contributed by atoms with van der Waals surface area (Å²) in [7, 11) is 1.81. The smallest absolute Gasteiger partial charge is 0.126 e. The molecule has 1 rings (SSSR count). The molecule has 1 aromatic rings. The highest BCUT2D eigenvalue weighted by Crippen LogP contribution is 2.22. The summed E-state index contributed by atoms with van der Waals surface area (Å²) in [6.07, 6.45) is 0.793. The van der Waals surface area contributed by atoms with E-state index in [1.165, 1.54) is 12.1 Å². The van der Waals surface area contributed by atoms with Gasteiger partial charge in [0, 0.05) is 6.54 Å². The largest absolute Gasteiger partial charge is 0.319 e. The summed E-state index contributed by atoms with van der Waals surface area (Å²) in [5, 5.41) is 2.97. The third-order valence-corrected chi connectivity index (χ3v) is 2.34. The number of hydrogen-bond acceptors (Lipinski definition) is 1. The molecule has 0 heterocycles. The van der Waals surface area contributed by atoms with Gasteiger partial charge in [-0.05, 0) is 43.1 Å². The third-order valence-electron chi connectivity index (χ3n) is 2.34. The van der Waals surface area contributed by atoms with E-state index in [4.69, 9.17) is 0 Å². The maximum Gasteiger partial charge on any atom is 0.126 e. The van der Waals surface area contributed by atoms with Crippen molar-refractivity contribution in [1.82, 2.24) is 5.32 Å². The van der Waals surface area contributed by atoms with Gasteiger partial charge in [0.25, 0.3) is 0 Å². The average Bonchev–Trinajstić information content (AvgIpc) is 2.18. The molecule has 0 saturated carbocycles. The van der Waals surface area contributed by atoms with Gasteiger partial charge in [-0.1, -0.05) is 6.92 Å². The van der Waals surface area contributed by atoms with Crippen LogP contribution in [0, 0.1) is 11.6 Å². The van der Waals surface area contributed by atoms with E-state index in [0.29, 0.717) is 12.1 Å². The predicted octanol–water partition coefficient (Wildman–Crippen LogP) is 2.68. The highest BCUT2D eigenvalue weighted by Gasteiger charge is 2.13. The zero-order valence-corrected chi connectivity index (χ0v) is 8.48. The molecule has 0 aliphatic heterocycles. The maximum atomic E-state index is 13.3. The summed E-state index contributed by atoms with van der Waals surface area (Å²) < 4.78 is 26.2. The Labute approximate surface area is 83.1 Å². The van der Waals surface area contributed by atoms with E-state index in [2.05, 4.69) is 5.32 Å². The van der Waals surface area contributed by atoms with Gasteiger partial charge in [0.05, 0.1) is 0 Å². The molecule has 1 N–H and O–H groups in total. The van der Waals surface area contributed by atoms with Gasteiger partial charge in [0.2, 0.25) is 0 Å². The molecule has 0 aliphatic carbocycles. The van der Waals surface area contributed by atoms with Crippen LogP contribution in [0.4, 0.5) is 8.78 Å². The van der Waals surface area contributed by atoms with E-state index in [1.807, 2.05) is 6.92 Å². The fraction of sp³-hybridized carbons (Fsp3) is 0.455. The van der Waals surface area contributed by atoms with Crippen LogP contribution in [-0.2, 0) is 0 Å². The second-order valence-corrected chi connectivity index (χ2v) is 3.33. The second kappa shape index (κ2) is 5.05. The Morgan fingerprint density at radius 1 is 1.36 bits per heavy atom. The number of benzene rings is 1. The molecule has 1 nitrogen and oxygen atoms in total. The van der Waals surface area contributed by atoms with Gasteiger partial charge in [-0.3, -0.25) is 0 Å². The molecule has 0 amide bonds. The lowest BCUT2D eigenvalue weighted by molar-refractivity contribution is 0.537. The van der Waals surface area contributed by atoms with E-state index in [1.54, 1.807) is 7.05 Å². The molecule has 14 heavy (non-hydrogen) atoms. The standard InChI is InChI=1S/C11H15F2N/c1-3-8(7-14-2)10-6-9(12)4-5-11(10)13/h4-6,8,14H,3,7H2,1-2H3. The maximum absolute atomic E-state index is 13.3. The predicted molar refractivity (Wildman–Crippen MR) is 53.3 cm³/mol. The van der Waals surface area contributed by atoms with Gasteiger partial charge in [-0.15, -0.1) is 0 Å². The van der Waals surface area contributed by atoms with Crippen molar-refractivity contribution in [3.05, 3.63) is 35.4 Å². The molecule has 0 radical (unpaired) electrons. The van der Waals surface area contributed by atoms with E-state index in [9.17, 15) is 8.78 Å². The summed E-state index contributed by atoms with van der Waals surface area (Å²) in [4.78, 5) is 0. The summed E-state index contributed by atoms with van der Waals surface area (Å²) in [6.45, 7) is 2.63. The van der Waals surface area contributed by atoms with Crippen molar-refractivity contribution in [2.75, 3.05) is 13.6 Å². The number of likely N-dealkylation sites (N-methyl/N-ethyl adjacent to an activating group) is 1. The Morgan fingerprint density at radius 2 is 2.07 bits per heavy atom. The van der Waals surface area contributed by atoms with Gasteiger partial charge in [-0.2, -0.15) is 0 Å². The first-order valence-corrected chi connectivity index (χ1v) is 4.78. The van der Waals surface area contributed by atoms with Crippen LogP contribution in [0.1, 0.15) is 24.8 Å². The van der Waals surface area contributed by atoms with Crippen LogP contribution in [-0.4, -0.2) is 13.6 Å². The highest BCUT2D eigenvalue weighted by atomic mass is 19.1. The molecule has 1 atom stereocenters. The van der Waals surface area contributed by atoms with E-state index in [0.717, 1.165) is 12.5 Å². The summed E-state index contributed by atoms with van der Waals surface area (Å²) in [5.41, 5.74) is 0.460. The molecular formula is C11H15F2N. The first-order chi connectivity index (χ1) is 6.69. The Kier molecular flexibility index (Phi) is 4.01. The van der Waals surface area contributed by atoms with Crippen molar-refractivity contribution in [2.45, 2.75) is 19.3 Å². The minimum absolute atomic E-state index is 0.0377. The van der Waals surface area contributed by atoms with Crippen molar-refractivity contribution in [2.24, 2.45) is 0 Å². The van der Waals surface area contributed by atoms with Crippen LogP contribution in [0.5, 0.6) is 0 Å². The van der Waals surface area contributed by atoms with Crippen LogP contribution < -0.4 is 5.32 Å². The van der Waals surface area contributed by atoms with Gasteiger partial charge >= 0.3 is 0 Å². The van der Waals surface area contributed by atoms with Crippen LogP contribution >= 0.6 is 0 Å². The molecular weight excluding hydrogens is 184 g/mol. The van der Waals surface area contributed by atoms with Gasteiger partial charge in [-0.25, -0.2) is 8.78 Å². The fourth-order valence-corrected chi connectivity index (χ4v) is 1.55. The Morgan fingerprint density at radius 3 is 2.64 bits per heavy atom. The first kappa shape index (κ1) is 11.1. The Bertz CT molecular complexity index is 299. The van der Waals surface area contributed by atoms with Gasteiger partial charge in [0.1, 0.15) is 11.6 Å². The van der Waals surface area contributed by atoms with Crippen molar-refractivity contribution in [1.29, 1.82) is 0 Å². The van der Waals surface area contributed by atoms with Crippen LogP contribution in [0.25, 0.3) is 0 Å². The lowest BCUT2D eigenvalue weighted by Crippen LogP contribution is -2.17. The molecule has 0 aromatic heterocycles. The zero-order valence-electron chi connectivity index (χ0n) is 8.48. The number of nitrogens with one attached hydrogen (secondary N) is 1. The monoisotopic (exact) mass is 199 g/mol. The molecule has 0 spiro atoms. The van der Waals surface area contributed by atoms with Crippen LogP contribution in [0.15, 0.2) is 18.2 Å². The number of rotatable bonds is 4. The van der Waals surface area contributed by atoms with Crippen molar-refractivity contribution < 1.29 is 8.78 Å². The number of hydrogen-bond donors (Lipinski definition) is 1. The van der Waals surface area contributed by atoms with E-state index < -0.39 is 0 Å². The second-order valence-electron chi connectivity index (χ2n) is 3.33. The minimum Gasteiger partial charge on any atom is -0.319 e. The molecule has 0 fully saturated rings. The highest BCUT2D eigenvalue weighted by molar-refractivity contribution is 5.23. The van der Waals surface area contributed by atoms with E-state index in [-0.39, 0.29) is 17.6 Å². The summed E-state index contributed by atoms with van der Waals surface area (Å²) in [6, 6.07) is 3.61. The molecule has 1 unspecified atom stereocenters. The molecule has 0 bridgehead atoms. The third kappa shape index (κ3) is 2.51. The SMILES string of the molecule is CCC(CNC)c1cc(F)ccc1F. The Balaban J connectivity index is 2.96. The number of halogens is 2. The molecule has 0 saturated heterocycles. The van der Waals surface area contributed by atoms with Crippen molar-refractivity contribution >= 4 is 0 Å². The molecule has 0 aliphatic rings. The lowest BCUT2D eigenvalue weighted by atomic mass is 9.96. The summed E-state index contributed by atoms with van der Waals surface area (Å²) in [5.74, 6) is -0.667. The normalized spacial score (nSPS) is 12.9. The quantitative estimate of drug-likeness (QED) is 0.786. The van der Waals surface area contributed by atoms with Gasteiger partial charge in [0.15, 0.2) is 0 Å². The zero-order chi connectivity index (χ0) is 10.6. The minimum atomic E-state index is -0.379. The average molecular weight is 199 g/mol. The fourth-order valence-electron chi connectivity index (χ4n) is 1.55.